The molecule has 30 heavy (non-hydrogen) atoms. The largest absolute Gasteiger partial charge is 0.478 e. The van der Waals surface area contributed by atoms with Gasteiger partial charge in [0.15, 0.2) is 11.6 Å². The first-order valence-corrected chi connectivity index (χ1v) is 9.00. The lowest BCUT2D eigenvalue weighted by atomic mass is 9.81. The zero-order chi connectivity index (χ0) is 21.6. The molecule has 1 atom stereocenters. The van der Waals surface area contributed by atoms with Gasteiger partial charge in [-0.3, -0.25) is 9.59 Å². The first-order valence-electron chi connectivity index (χ1n) is 9.00. The van der Waals surface area contributed by atoms with Gasteiger partial charge in [-0.15, -0.1) is 0 Å². The highest BCUT2D eigenvalue weighted by molar-refractivity contribution is 6.31. The molecule has 0 fully saturated rings. The van der Waals surface area contributed by atoms with Gasteiger partial charge >= 0.3 is 11.9 Å². The van der Waals surface area contributed by atoms with Crippen molar-refractivity contribution in [3.05, 3.63) is 88.0 Å². The summed E-state index contributed by atoms with van der Waals surface area (Å²) in [4.78, 5) is 49.1. The van der Waals surface area contributed by atoms with E-state index in [1.54, 1.807) is 18.2 Å². The molecule has 0 radical (unpaired) electrons. The van der Waals surface area contributed by atoms with Gasteiger partial charge in [-0.05, 0) is 24.3 Å². The summed E-state index contributed by atoms with van der Waals surface area (Å²) in [7, 11) is 0. The molecule has 0 amide bonds. The maximum atomic E-state index is 13.2. The number of anilines is 1. The Kier molecular flexibility index (Phi) is 4.36. The number of rotatable bonds is 4. The maximum Gasteiger partial charge on any atom is 0.337 e. The smallest absolute Gasteiger partial charge is 0.337 e. The molecule has 0 spiro atoms. The third-order valence-corrected chi connectivity index (χ3v) is 5.15. The fraction of sp³-hybridized carbons (Fsp3) is 0.0909. The first-order chi connectivity index (χ1) is 14.2. The standard InChI is InChI=1S/C22H16N2O6/c23-22(9-7-11(8-10-22)20(27)28)24-17-15(21(29)30)6-5-14-16(17)19(26)13-4-2-1-3-12(13)18(14)25/h1-9,24H,10,23H2,(H,27,28)(H,29,30). The number of carboxylic acid groups (broad SMARTS) is 2. The second-order valence-electron chi connectivity index (χ2n) is 7.09. The van der Waals surface area contributed by atoms with Crippen LogP contribution in [0.1, 0.15) is 48.6 Å². The van der Waals surface area contributed by atoms with Crippen LogP contribution < -0.4 is 11.1 Å². The molecule has 2 aromatic carbocycles. The lowest BCUT2D eigenvalue weighted by Gasteiger charge is -2.32. The predicted octanol–water partition coefficient (Wildman–Crippen LogP) is 2.20. The molecule has 0 bridgehead atoms. The summed E-state index contributed by atoms with van der Waals surface area (Å²) in [5.74, 6) is -3.30. The van der Waals surface area contributed by atoms with Crippen molar-refractivity contribution in [3.63, 3.8) is 0 Å². The number of hydrogen-bond donors (Lipinski definition) is 4. The zero-order valence-electron chi connectivity index (χ0n) is 15.5. The van der Waals surface area contributed by atoms with Crippen LogP contribution in [0.2, 0.25) is 0 Å². The van der Waals surface area contributed by atoms with Crippen LogP contribution in [0, 0.1) is 0 Å². The van der Waals surface area contributed by atoms with E-state index in [1.807, 2.05) is 0 Å². The van der Waals surface area contributed by atoms with Gasteiger partial charge in [0.2, 0.25) is 0 Å². The van der Waals surface area contributed by atoms with Gasteiger partial charge in [-0.2, -0.15) is 0 Å². The Balaban J connectivity index is 1.85. The number of nitrogens with one attached hydrogen (secondary N) is 1. The summed E-state index contributed by atoms with van der Waals surface area (Å²) in [5.41, 5.74) is 5.15. The molecule has 4 rings (SSSR count). The molecular weight excluding hydrogens is 388 g/mol. The Morgan fingerprint density at radius 3 is 2.17 bits per heavy atom. The lowest BCUT2D eigenvalue weighted by molar-refractivity contribution is -0.132. The topological polar surface area (TPSA) is 147 Å². The molecule has 1 unspecified atom stereocenters. The van der Waals surface area contributed by atoms with E-state index >= 15 is 0 Å². The molecule has 0 heterocycles. The SMILES string of the molecule is NC1(Nc2c(C(=O)O)ccc3c2C(=O)c2ccccc2C3=O)C=CC(C(=O)O)=CC1. The van der Waals surface area contributed by atoms with Gasteiger partial charge in [-0.1, -0.05) is 30.3 Å². The zero-order valence-corrected chi connectivity index (χ0v) is 15.5. The second-order valence-corrected chi connectivity index (χ2v) is 7.09. The third kappa shape index (κ3) is 2.99. The number of carbonyl (C=O) groups is 4. The van der Waals surface area contributed by atoms with E-state index in [4.69, 9.17) is 10.8 Å². The summed E-state index contributed by atoms with van der Waals surface area (Å²) < 4.78 is 0. The van der Waals surface area contributed by atoms with Crippen molar-refractivity contribution in [2.45, 2.75) is 12.1 Å². The van der Waals surface area contributed by atoms with Gasteiger partial charge in [0.05, 0.1) is 22.4 Å². The van der Waals surface area contributed by atoms with Crippen LogP contribution in [0.5, 0.6) is 0 Å². The average Bonchev–Trinajstić information content (AvgIpc) is 2.71. The predicted molar refractivity (Wildman–Crippen MR) is 107 cm³/mol. The van der Waals surface area contributed by atoms with Crippen LogP contribution in [0.15, 0.2) is 60.2 Å². The molecule has 0 aromatic heterocycles. The van der Waals surface area contributed by atoms with Crippen molar-refractivity contribution in [2.75, 3.05) is 5.32 Å². The Labute approximate surface area is 170 Å². The fourth-order valence-electron chi connectivity index (χ4n) is 3.63. The van der Waals surface area contributed by atoms with Crippen molar-refractivity contribution in [1.29, 1.82) is 0 Å². The van der Waals surface area contributed by atoms with Crippen LogP contribution in [0.3, 0.4) is 0 Å². The van der Waals surface area contributed by atoms with Crippen molar-refractivity contribution in [1.82, 2.24) is 0 Å². The monoisotopic (exact) mass is 404 g/mol. The number of hydrogen-bond acceptors (Lipinski definition) is 6. The minimum Gasteiger partial charge on any atom is -0.478 e. The summed E-state index contributed by atoms with van der Waals surface area (Å²) in [6.45, 7) is 0. The third-order valence-electron chi connectivity index (χ3n) is 5.15. The van der Waals surface area contributed by atoms with E-state index in [0.29, 0.717) is 0 Å². The molecule has 150 valence electrons. The summed E-state index contributed by atoms with van der Waals surface area (Å²) >= 11 is 0. The molecule has 0 saturated heterocycles. The van der Waals surface area contributed by atoms with E-state index in [-0.39, 0.29) is 45.5 Å². The number of ketones is 2. The van der Waals surface area contributed by atoms with E-state index in [1.165, 1.54) is 36.4 Å². The Hall–Kier alpha value is -4.04. The Morgan fingerprint density at radius 1 is 0.933 bits per heavy atom. The van der Waals surface area contributed by atoms with Gasteiger partial charge < -0.3 is 21.3 Å². The number of fused-ring (bicyclic) bond motifs is 2. The summed E-state index contributed by atoms with van der Waals surface area (Å²) in [6, 6.07) is 8.89. The van der Waals surface area contributed by atoms with E-state index in [0.717, 1.165) is 0 Å². The average molecular weight is 404 g/mol. The van der Waals surface area contributed by atoms with Gasteiger partial charge in [0.25, 0.3) is 0 Å². The summed E-state index contributed by atoms with van der Waals surface area (Å²) in [6.07, 6.45) is 4.13. The number of carboxylic acids is 2. The molecule has 5 N–H and O–H groups in total. The number of aromatic carboxylic acids is 1. The molecule has 0 saturated carbocycles. The molecule has 8 heteroatoms. The Morgan fingerprint density at radius 2 is 1.60 bits per heavy atom. The van der Waals surface area contributed by atoms with Gasteiger partial charge in [0, 0.05) is 23.1 Å². The van der Waals surface area contributed by atoms with Gasteiger partial charge in [-0.25, -0.2) is 9.59 Å². The van der Waals surface area contributed by atoms with Crippen LogP contribution in [0.25, 0.3) is 0 Å². The second kappa shape index (κ2) is 6.78. The minimum atomic E-state index is -1.35. The number of nitrogens with two attached hydrogens (primary N) is 1. The van der Waals surface area contributed by atoms with Gasteiger partial charge in [0.1, 0.15) is 5.66 Å². The molecule has 2 aliphatic rings. The molecular formula is C22H16N2O6. The highest BCUT2D eigenvalue weighted by Gasteiger charge is 2.36. The number of benzene rings is 2. The Bertz CT molecular complexity index is 1210. The van der Waals surface area contributed by atoms with Crippen LogP contribution in [-0.4, -0.2) is 39.4 Å². The fourth-order valence-corrected chi connectivity index (χ4v) is 3.63. The van der Waals surface area contributed by atoms with Crippen molar-refractivity contribution >= 4 is 29.2 Å². The number of carbonyl (C=O) groups excluding carboxylic acids is 2. The highest BCUT2D eigenvalue weighted by atomic mass is 16.4. The minimum absolute atomic E-state index is 0.0343. The van der Waals surface area contributed by atoms with Crippen molar-refractivity contribution in [2.24, 2.45) is 5.73 Å². The van der Waals surface area contributed by atoms with Crippen LogP contribution in [-0.2, 0) is 4.79 Å². The lowest BCUT2D eigenvalue weighted by Crippen LogP contribution is -2.47. The van der Waals surface area contributed by atoms with Crippen molar-refractivity contribution in [3.8, 4) is 0 Å². The van der Waals surface area contributed by atoms with Crippen molar-refractivity contribution < 1.29 is 29.4 Å². The summed E-state index contributed by atoms with van der Waals surface area (Å²) in [5, 5.41) is 21.6. The molecule has 8 nitrogen and oxygen atoms in total. The molecule has 0 aliphatic heterocycles. The van der Waals surface area contributed by atoms with E-state index in [9.17, 15) is 24.3 Å². The van der Waals surface area contributed by atoms with E-state index < -0.39 is 29.2 Å². The van der Waals surface area contributed by atoms with Crippen LogP contribution in [0.4, 0.5) is 5.69 Å². The maximum absolute atomic E-state index is 13.2. The molecule has 2 aliphatic carbocycles. The molecule has 2 aromatic rings. The van der Waals surface area contributed by atoms with Crippen LogP contribution >= 0.6 is 0 Å². The number of aliphatic carboxylic acids is 1. The first kappa shape index (κ1) is 19.3. The normalized spacial score (nSPS) is 19.6. The highest BCUT2D eigenvalue weighted by Crippen LogP contribution is 2.36. The quantitative estimate of drug-likeness (QED) is 0.484. The van der Waals surface area contributed by atoms with E-state index in [2.05, 4.69) is 5.32 Å².